The molecule has 0 radical (unpaired) electrons. The molecule has 0 spiro atoms. The maximum absolute atomic E-state index is 13.0. The van der Waals surface area contributed by atoms with E-state index >= 15 is 0 Å². The third-order valence-corrected chi connectivity index (χ3v) is 8.69. The molecule has 0 bridgehead atoms. The van der Waals surface area contributed by atoms with Crippen molar-refractivity contribution in [2.75, 3.05) is 16.8 Å². The van der Waals surface area contributed by atoms with Gasteiger partial charge in [0.05, 0.1) is 26.5 Å². The predicted octanol–water partition coefficient (Wildman–Crippen LogP) is 6.75. The van der Waals surface area contributed by atoms with Gasteiger partial charge in [-0.15, -0.1) is 40.6 Å². The molecule has 0 saturated carbocycles. The van der Waals surface area contributed by atoms with Crippen LogP contribution in [0.4, 0.5) is 11.4 Å². The van der Waals surface area contributed by atoms with Crippen molar-refractivity contribution in [1.29, 1.82) is 0 Å². The summed E-state index contributed by atoms with van der Waals surface area (Å²) in [6.45, 7) is 3.74. The van der Waals surface area contributed by atoms with E-state index in [1.54, 1.807) is 34.4 Å². The molecule has 0 atom stereocenters. The number of benzene rings is 1. The van der Waals surface area contributed by atoms with Crippen molar-refractivity contribution in [3.8, 4) is 10.6 Å². The summed E-state index contributed by atoms with van der Waals surface area (Å²) in [5, 5.41) is 5.79. The van der Waals surface area contributed by atoms with Gasteiger partial charge in [-0.25, -0.2) is 9.97 Å². The fourth-order valence-corrected chi connectivity index (χ4v) is 6.64. The quantitative estimate of drug-likeness (QED) is 0.208. The van der Waals surface area contributed by atoms with E-state index in [2.05, 4.69) is 16.9 Å². The fraction of sp³-hybridized carbons (Fsp3) is 0.0455. The maximum Gasteiger partial charge on any atom is 0.267 e. The van der Waals surface area contributed by atoms with Gasteiger partial charge in [0, 0.05) is 16.8 Å². The van der Waals surface area contributed by atoms with E-state index in [9.17, 15) is 4.79 Å². The number of rotatable bonds is 6. The van der Waals surface area contributed by atoms with Crippen molar-refractivity contribution in [3.05, 3.63) is 65.4 Å². The van der Waals surface area contributed by atoms with Gasteiger partial charge in [-0.3, -0.25) is 4.79 Å². The molecule has 9 heteroatoms. The lowest BCUT2D eigenvalue weighted by atomic mass is 10.2. The number of carbonyl (C=O) groups excluding carboxylic acids is 1. The van der Waals surface area contributed by atoms with Crippen LogP contribution in [-0.2, 0) is 0 Å². The Hall–Kier alpha value is -2.72. The minimum absolute atomic E-state index is 0.233. The number of thiazole rings is 1. The van der Waals surface area contributed by atoms with Crippen LogP contribution in [0.5, 0.6) is 0 Å². The number of anilines is 2. The summed E-state index contributed by atoms with van der Waals surface area (Å²) in [7, 11) is 0. The van der Waals surface area contributed by atoms with Crippen molar-refractivity contribution < 1.29 is 4.79 Å². The van der Waals surface area contributed by atoms with Crippen LogP contribution in [0.25, 0.3) is 31.0 Å². The molecule has 1 amide bonds. The molecule has 0 aliphatic heterocycles. The Morgan fingerprint density at radius 1 is 1.19 bits per heavy atom. The molecular weight excluding hydrogens is 465 g/mol. The van der Waals surface area contributed by atoms with Gasteiger partial charge < -0.3 is 11.1 Å². The summed E-state index contributed by atoms with van der Waals surface area (Å²) in [5.74, 6) is 0.583. The standard InChI is InChI=1S/C22H16N4OS4/c1-2-9-29-22-26-15-7-5-12(11-17(15)30-22)24-20(27)19-18(23)13-6-8-14(25-21(13)31-19)16-4-3-10-28-16/h2-8,10-11H,1,9,23H2,(H,24,27). The fourth-order valence-electron chi connectivity index (χ4n) is 3.09. The Bertz CT molecular complexity index is 1420. The number of thiophene rings is 2. The van der Waals surface area contributed by atoms with Gasteiger partial charge >= 0.3 is 0 Å². The average molecular weight is 481 g/mol. The number of thioether (sulfide) groups is 1. The van der Waals surface area contributed by atoms with Crippen molar-refractivity contribution >= 4 is 83.5 Å². The molecular formula is C22H16N4OS4. The first-order valence-corrected chi connectivity index (χ1v) is 12.8. The van der Waals surface area contributed by atoms with Crippen LogP contribution in [-0.4, -0.2) is 21.6 Å². The topological polar surface area (TPSA) is 80.9 Å². The van der Waals surface area contributed by atoms with Gasteiger partial charge in [0.2, 0.25) is 0 Å². The summed E-state index contributed by atoms with van der Waals surface area (Å²) < 4.78 is 2.01. The molecule has 5 rings (SSSR count). The molecule has 0 saturated heterocycles. The Labute approximate surface area is 194 Å². The van der Waals surface area contributed by atoms with E-state index < -0.39 is 0 Å². The number of nitrogens with zero attached hydrogens (tertiary/aromatic N) is 2. The van der Waals surface area contributed by atoms with Crippen LogP contribution in [0.3, 0.4) is 0 Å². The smallest absolute Gasteiger partial charge is 0.267 e. The summed E-state index contributed by atoms with van der Waals surface area (Å²) in [6.07, 6.45) is 1.86. The third kappa shape index (κ3) is 3.97. The monoisotopic (exact) mass is 480 g/mol. The highest BCUT2D eigenvalue weighted by atomic mass is 32.2. The SMILES string of the molecule is C=CCSc1nc2ccc(NC(=O)c3sc4nc(-c5cccs5)ccc4c3N)cc2s1. The number of nitrogens with one attached hydrogen (secondary N) is 1. The summed E-state index contributed by atoms with van der Waals surface area (Å²) >= 11 is 6.20. The number of nitrogens with two attached hydrogens (primary N) is 1. The van der Waals surface area contributed by atoms with E-state index in [0.29, 0.717) is 16.3 Å². The first-order valence-electron chi connectivity index (χ1n) is 9.31. The zero-order valence-electron chi connectivity index (χ0n) is 16.1. The molecule has 0 aliphatic carbocycles. The lowest BCUT2D eigenvalue weighted by Crippen LogP contribution is -2.11. The van der Waals surface area contributed by atoms with Crippen LogP contribution >= 0.6 is 45.8 Å². The Balaban J connectivity index is 1.41. The number of fused-ring (bicyclic) bond motifs is 2. The highest BCUT2D eigenvalue weighted by Gasteiger charge is 2.18. The van der Waals surface area contributed by atoms with Crippen LogP contribution in [0.1, 0.15) is 9.67 Å². The Morgan fingerprint density at radius 3 is 2.90 bits per heavy atom. The van der Waals surface area contributed by atoms with Gasteiger partial charge in [0.15, 0.2) is 4.34 Å². The highest BCUT2D eigenvalue weighted by Crippen LogP contribution is 2.36. The van der Waals surface area contributed by atoms with E-state index in [1.165, 1.54) is 11.3 Å². The molecule has 1 aromatic carbocycles. The molecule has 4 aromatic heterocycles. The van der Waals surface area contributed by atoms with E-state index in [1.807, 2.05) is 53.9 Å². The summed E-state index contributed by atoms with van der Waals surface area (Å²) in [5.41, 5.74) is 9.28. The predicted molar refractivity (Wildman–Crippen MR) is 136 cm³/mol. The van der Waals surface area contributed by atoms with E-state index in [4.69, 9.17) is 10.7 Å². The molecule has 154 valence electrons. The normalized spacial score (nSPS) is 11.2. The number of hydrogen-bond acceptors (Lipinski definition) is 8. The molecule has 0 aliphatic rings. The molecule has 0 unspecified atom stereocenters. The van der Waals surface area contributed by atoms with E-state index in [0.717, 1.165) is 41.1 Å². The second-order valence-electron chi connectivity index (χ2n) is 6.59. The minimum Gasteiger partial charge on any atom is -0.397 e. The first-order chi connectivity index (χ1) is 15.1. The molecule has 3 N–H and O–H groups in total. The number of amides is 1. The maximum atomic E-state index is 13.0. The Kier molecular flexibility index (Phi) is 5.49. The lowest BCUT2D eigenvalue weighted by Gasteiger charge is -2.04. The van der Waals surface area contributed by atoms with E-state index in [-0.39, 0.29) is 5.91 Å². The van der Waals surface area contributed by atoms with Gasteiger partial charge in [0.25, 0.3) is 5.91 Å². The Morgan fingerprint density at radius 2 is 2.10 bits per heavy atom. The van der Waals surface area contributed by atoms with Crippen molar-refractivity contribution in [2.24, 2.45) is 0 Å². The van der Waals surface area contributed by atoms with Crippen molar-refractivity contribution in [1.82, 2.24) is 9.97 Å². The lowest BCUT2D eigenvalue weighted by molar-refractivity contribution is 0.103. The minimum atomic E-state index is -0.233. The van der Waals surface area contributed by atoms with Crippen molar-refractivity contribution in [3.63, 3.8) is 0 Å². The largest absolute Gasteiger partial charge is 0.397 e. The second kappa shape index (κ2) is 8.43. The molecule has 4 heterocycles. The highest BCUT2D eigenvalue weighted by molar-refractivity contribution is 8.01. The molecule has 31 heavy (non-hydrogen) atoms. The number of hydrogen-bond donors (Lipinski definition) is 2. The van der Waals surface area contributed by atoms with Crippen LogP contribution in [0.15, 0.2) is 64.8 Å². The van der Waals surface area contributed by atoms with Gasteiger partial charge in [-0.2, -0.15) is 0 Å². The number of carbonyl (C=O) groups is 1. The van der Waals surface area contributed by atoms with Crippen LogP contribution in [0.2, 0.25) is 0 Å². The molecule has 0 fully saturated rings. The van der Waals surface area contributed by atoms with Gasteiger partial charge in [-0.05, 0) is 41.8 Å². The first kappa shape index (κ1) is 20.2. The van der Waals surface area contributed by atoms with Gasteiger partial charge in [0.1, 0.15) is 9.71 Å². The van der Waals surface area contributed by atoms with Crippen LogP contribution < -0.4 is 11.1 Å². The number of aromatic nitrogens is 2. The molecule has 5 nitrogen and oxygen atoms in total. The van der Waals surface area contributed by atoms with Crippen molar-refractivity contribution in [2.45, 2.75) is 4.34 Å². The third-order valence-electron chi connectivity index (χ3n) is 4.53. The second-order valence-corrected chi connectivity index (χ2v) is 10.8. The summed E-state index contributed by atoms with van der Waals surface area (Å²) in [6, 6.07) is 13.6. The zero-order valence-corrected chi connectivity index (χ0v) is 19.4. The molecule has 5 aromatic rings. The summed E-state index contributed by atoms with van der Waals surface area (Å²) in [4.78, 5) is 24.6. The number of pyridine rings is 1. The van der Waals surface area contributed by atoms with Gasteiger partial charge in [-0.1, -0.05) is 23.9 Å². The van der Waals surface area contributed by atoms with Crippen LogP contribution in [0, 0.1) is 0 Å². The number of nitrogen functional groups attached to an aromatic ring is 1. The average Bonchev–Trinajstić information content (AvgIpc) is 3.50. The zero-order chi connectivity index (χ0) is 21.4.